The van der Waals surface area contributed by atoms with Gasteiger partial charge in [0.2, 0.25) is 0 Å². The van der Waals surface area contributed by atoms with Gasteiger partial charge in [-0.2, -0.15) is 0 Å². The lowest BCUT2D eigenvalue weighted by Crippen LogP contribution is -2.40. The van der Waals surface area contributed by atoms with Gasteiger partial charge in [0.05, 0.1) is 16.6 Å². The molecule has 0 bridgehead atoms. The fourth-order valence-corrected chi connectivity index (χ4v) is 4.59. The van der Waals surface area contributed by atoms with Gasteiger partial charge in [0.15, 0.2) is 0 Å². The number of rotatable bonds is 2. The van der Waals surface area contributed by atoms with Crippen molar-refractivity contribution in [1.29, 1.82) is 0 Å². The molecule has 2 aromatic heterocycles. The maximum Gasteiger partial charge on any atom is 0.258 e. The fourth-order valence-electron chi connectivity index (χ4n) is 4.59. The highest BCUT2D eigenvalue weighted by Crippen LogP contribution is 2.35. The summed E-state index contributed by atoms with van der Waals surface area (Å²) in [5.41, 5.74) is 2.73. The molecule has 1 unspecified atom stereocenters. The molecule has 1 aliphatic carbocycles. The molecule has 0 N–H and O–H groups in total. The first kappa shape index (κ1) is 15.6. The van der Waals surface area contributed by atoms with E-state index in [2.05, 4.69) is 15.0 Å². The summed E-state index contributed by atoms with van der Waals surface area (Å²) in [5.74, 6) is 0.803. The molecular formula is C19H25N3O2. The minimum atomic E-state index is 0.130. The lowest BCUT2D eigenvalue weighted by atomic mass is 9.83. The molecule has 24 heavy (non-hydrogen) atoms. The van der Waals surface area contributed by atoms with Gasteiger partial charge in [-0.25, -0.2) is 4.98 Å². The van der Waals surface area contributed by atoms with Crippen molar-refractivity contribution < 1.29 is 9.32 Å². The molecule has 3 heterocycles. The quantitative estimate of drug-likeness (QED) is 0.836. The third-order valence-corrected chi connectivity index (χ3v) is 5.73. The van der Waals surface area contributed by atoms with Gasteiger partial charge in [-0.15, -0.1) is 0 Å². The Morgan fingerprint density at radius 3 is 2.75 bits per heavy atom. The van der Waals surface area contributed by atoms with Gasteiger partial charge in [-0.3, -0.25) is 4.79 Å². The number of fused-ring (bicyclic) bond motifs is 1. The smallest absolute Gasteiger partial charge is 0.258 e. The number of carbonyl (C=O) groups excluding carboxylic acids is 1. The maximum atomic E-state index is 13.3. The van der Waals surface area contributed by atoms with E-state index in [1.54, 1.807) is 0 Å². The molecule has 2 aromatic rings. The molecular weight excluding hydrogens is 302 g/mol. The summed E-state index contributed by atoms with van der Waals surface area (Å²) < 4.78 is 5.29. The topological polar surface area (TPSA) is 59.2 Å². The molecule has 5 heteroatoms. The summed E-state index contributed by atoms with van der Waals surface area (Å²) in [4.78, 5) is 19.8. The van der Waals surface area contributed by atoms with E-state index in [0.717, 1.165) is 36.2 Å². The molecule has 1 saturated heterocycles. The lowest BCUT2D eigenvalue weighted by molar-refractivity contribution is 0.0663. The van der Waals surface area contributed by atoms with Gasteiger partial charge < -0.3 is 9.42 Å². The number of amides is 1. The zero-order valence-electron chi connectivity index (χ0n) is 14.5. The van der Waals surface area contributed by atoms with Crippen molar-refractivity contribution in [3.8, 4) is 0 Å². The van der Waals surface area contributed by atoms with Crippen LogP contribution in [0, 0.1) is 19.8 Å². The van der Waals surface area contributed by atoms with Crippen molar-refractivity contribution in [3.63, 3.8) is 0 Å². The van der Waals surface area contributed by atoms with Crippen LogP contribution < -0.4 is 0 Å². The van der Waals surface area contributed by atoms with E-state index in [1.807, 2.05) is 19.9 Å². The van der Waals surface area contributed by atoms with E-state index >= 15 is 0 Å². The average molecular weight is 327 g/mol. The second kappa shape index (κ2) is 6.19. The summed E-state index contributed by atoms with van der Waals surface area (Å²) in [5, 5.41) is 4.78. The Bertz CT molecular complexity index is 761. The van der Waals surface area contributed by atoms with Crippen LogP contribution in [0.25, 0.3) is 11.1 Å². The third kappa shape index (κ3) is 2.60. The highest BCUT2D eigenvalue weighted by atomic mass is 16.5. The largest absolute Gasteiger partial charge is 0.336 e. The molecule has 1 saturated carbocycles. The molecule has 0 spiro atoms. The van der Waals surface area contributed by atoms with Crippen molar-refractivity contribution in [1.82, 2.24) is 15.0 Å². The summed E-state index contributed by atoms with van der Waals surface area (Å²) in [6.07, 6.45) is 8.77. The number of nitrogens with zero attached hydrogens (tertiary/aromatic N) is 3. The minimum absolute atomic E-state index is 0.130. The second-order valence-corrected chi connectivity index (χ2v) is 7.37. The lowest BCUT2D eigenvalue weighted by Gasteiger charge is -2.34. The van der Waals surface area contributed by atoms with Gasteiger partial charge in [0.25, 0.3) is 11.6 Å². The number of carbonyl (C=O) groups is 1. The average Bonchev–Trinajstić information content (AvgIpc) is 3.22. The molecule has 128 valence electrons. The van der Waals surface area contributed by atoms with Crippen LogP contribution in [0.3, 0.4) is 0 Å². The van der Waals surface area contributed by atoms with E-state index in [0.29, 0.717) is 23.2 Å². The van der Waals surface area contributed by atoms with Crippen molar-refractivity contribution >= 4 is 17.0 Å². The molecule has 1 amide bonds. The number of likely N-dealkylation sites (tertiary alicyclic amines) is 1. The van der Waals surface area contributed by atoms with Crippen molar-refractivity contribution in [2.45, 2.75) is 64.8 Å². The number of aryl methyl sites for hydroxylation is 2. The van der Waals surface area contributed by atoms with E-state index in [9.17, 15) is 4.79 Å². The Morgan fingerprint density at radius 1 is 1.17 bits per heavy atom. The van der Waals surface area contributed by atoms with Crippen molar-refractivity contribution in [2.24, 2.45) is 5.92 Å². The Hall–Kier alpha value is -1.91. The first-order valence-corrected chi connectivity index (χ1v) is 9.20. The molecule has 0 aromatic carbocycles. The fraction of sp³-hybridized carbons (Fsp3) is 0.632. The van der Waals surface area contributed by atoms with E-state index in [1.165, 1.54) is 32.1 Å². The van der Waals surface area contributed by atoms with Crippen LogP contribution in [0.5, 0.6) is 0 Å². The predicted octanol–water partition coefficient (Wildman–Crippen LogP) is 4.02. The number of hydrogen-bond donors (Lipinski definition) is 0. The molecule has 2 aliphatic rings. The van der Waals surface area contributed by atoms with Gasteiger partial charge in [0, 0.05) is 18.3 Å². The third-order valence-electron chi connectivity index (χ3n) is 5.73. The van der Waals surface area contributed by atoms with E-state index in [-0.39, 0.29) is 5.91 Å². The zero-order chi connectivity index (χ0) is 16.7. The highest BCUT2D eigenvalue weighted by molar-refractivity contribution is 6.06. The summed E-state index contributed by atoms with van der Waals surface area (Å²) in [6, 6.07) is 2.30. The minimum Gasteiger partial charge on any atom is -0.336 e. The van der Waals surface area contributed by atoms with Crippen LogP contribution in [0.15, 0.2) is 10.6 Å². The number of pyridine rings is 1. The molecule has 2 fully saturated rings. The summed E-state index contributed by atoms with van der Waals surface area (Å²) in [6.45, 7) is 4.64. The van der Waals surface area contributed by atoms with Crippen molar-refractivity contribution in [3.05, 3.63) is 23.0 Å². The first-order valence-electron chi connectivity index (χ1n) is 9.20. The van der Waals surface area contributed by atoms with Gasteiger partial charge in [0.1, 0.15) is 0 Å². The summed E-state index contributed by atoms with van der Waals surface area (Å²) in [7, 11) is 0. The van der Waals surface area contributed by atoms with Crippen molar-refractivity contribution in [2.75, 3.05) is 6.54 Å². The zero-order valence-corrected chi connectivity index (χ0v) is 14.5. The van der Waals surface area contributed by atoms with Crippen LogP contribution in [0.1, 0.15) is 66.7 Å². The molecule has 1 atom stereocenters. The first-order chi connectivity index (χ1) is 11.6. The SMILES string of the molecule is Cc1cc(C(=O)N2CCCC2C2CCCCC2)c2c(C)noc2n1. The van der Waals surface area contributed by atoms with Crippen LogP contribution in [-0.2, 0) is 0 Å². The van der Waals surface area contributed by atoms with Gasteiger partial charge in [-0.1, -0.05) is 24.4 Å². The van der Waals surface area contributed by atoms with Crippen LogP contribution in [0.2, 0.25) is 0 Å². The number of hydrogen-bond acceptors (Lipinski definition) is 4. The van der Waals surface area contributed by atoms with E-state index in [4.69, 9.17) is 4.52 Å². The Morgan fingerprint density at radius 2 is 1.96 bits per heavy atom. The monoisotopic (exact) mass is 327 g/mol. The Kier molecular flexibility index (Phi) is 4.02. The normalized spacial score (nSPS) is 22.4. The van der Waals surface area contributed by atoms with Crippen LogP contribution in [0.4, 0.5) is 0 Å². The van der Waals surface area contributed by atoms with Gasteiger partial charge in [-0.05, 0) is 51.5 Å². The standard InChI is InChI=1S/C19H25N3O2/c1-12-11-15(17-13(2)21-24-18(17)20-12)19(23)22-10-6-9-16(22)14-7-4-3-5-8-14/h11,14,16H,3-10H2,1-2H3. The second-order valence-electron chi connectivity index (χ2n) is 7.37. The van der Waals surface area contributed by atoms with Gasteiger partial charge >= 0.3 is 0 Å². The van der Waals surface area contributed by atoms with Crippen LogP contribution >= 0.6 is 0 Å². The molecule has 4 rings (SSSR count). The van der Waals surface area contributed by atoms with E-state index < -0.39 is 0 Å². The summed E-state index contributed by atoms with van der Waals surface area (Å²) >= 11 is 0. The molecule has 1 aliphatic heterocycles. The Labute approximate surface area is 142 Å². The molecule has 5 nitrogen and oxygen atoms in total. The highest BCUT2D eigenvalue weighted by Gasteiger charge is 2.36. The number of aromatic nitrogens is 2. The predicted molar refractivity (Wildman–Crippen MR) is 91.9 cm³/mol. The Balaban J connectivity index is 1.69. The van der Waals surface area contributed by atoms with Crippen LogP contribution in [-0.4, -0.2) is 33.5 Å². The molecule has 0 radical (unpaired) electrons. The maximum absolute atomic E-state index is 13.3.